The van der Waals surface area contributed by atoms with Crippen LogP contribution in [0.5, 0.6) is 5.75 Å². The van der Waals surface area contributed by atoms with Crippen LogP contribution in [0, 0.1) is 5.82 Å². The van der Waals surface area contributed by atoms with E-state index in [9.17, 15) is 4.39 Å². The first-order chi connectivity index (χ1) is 5.77. The summed E-state index contributed by atoms with van der Waals surface area (Å²) < 4.78 is 17.7. The maximum atomic E-state index is 12.7. The molecule has 2 nitrogen and oxygen atoms in total. The molecule has 0 saturated heterocycles. The van der Waals surface area contributed by atoms with E-state index < -0.39 is 0 Å². The molecule has 0 fully saturated rings. The lowest BCUT2D eigenvalue weighted by atomic mass is 10.2. The molecule has 0 radical (unpaired) electrons. The molecular formula is C9H12FNO. The molecule has 1 aromatic rings. The van der Waals surface area contributed by atoms with Crippen LogP contribution in [-0.4, -0.2) is 14.2 Å². The van der Waals surface area contributed by atoms with E-state index in [1.165, 1.54) is 19.2 Å². The quantitative estimate of drug-likeness (QED) is 0.741. The zero-order valence-electron chi connectivity index (χ0n) is 7.23. The first-order valence-corrected chi connectivity index (χ1v) is 3.75. The Labute approximate surface area is 71.4 Å². The van der Waals surface area contributed by atoms with Crippen molar-refractivity contribution in [3.05, 3.63) is 29.6 Å². The Balaban J connectivity index is 2.94. The van der Waals surface area contributed by atoms with Gasteiger partial charge in [-0.2, -0.15) is 0 Å². The molecule has 0 aliphatic heterocycles. The summed E-state index contributed by atoms with van der Waals surface area (Å²) in [6, 6.07) is 4.52. The Bertz CT molecular complexity index is 263. The smallest absolute Gasteiger partial charge is 0.126 e. The van der Waals surface area contributed by atoms with Crippen molar-refractivity contribution < 1.29 is 9.13 Å². The van der Waals surface area contributed by atoms with Gasteiger partial charge in [-0.3, -0.25) is 0 Å². The third-order valence-corrected chi connectivity index (χ3v) is 1.62. The van der Waals surface area contributed by atoms with Gasteiger partial charge in [0.15, 0.2) is 0 Å². The standard InChI is InChI=1S/C9H12FNO/c1-11-6-7-3-4-8(10)5-9(7)12-2/h3-5,11H,6H2,1-2H3. The number of rotatable bonds is 3. The van der Waals surface area contributed by atoms with Crippen LogP contribution in [0.25, 0.3) is 0 Å². The number of hydrogen-bond acceptors (Lipinski definition) is 2. The molecule has 0 saturated carbocycles. The second-order valence-electron chi connectivity index (χ2n) is 2.49. The van der Waals surface area contributed by atoms with Crippen LogP contribution in [-0.2, 0) is 6.54 Å². The van der Waals surface area contributed by atoms with E-state index in [2.05, 4.69) is 5.32 Å². The summed E-state index contributed by atoms with van der Waals surface area (Å²) in [5, 5.41) is 2.98. The molecule has 1 rings (SSSR count). The molecule has 12 heavy (non-hydrogen) atoms. The third kappa shape index (κ3) is 1.95. The monoisotopic (exact) mass is 169 g/mol. The third-order valence-electron chi connectivity index (χ3n) is 1.62. The fourth-order valence-electron chi connectivity index (χ4n) is 1.05. The molecule has 0 aliphatic rings. The predicted molar refractivity (Wildman–Crippen MR) is 45.7 cm³/mol. The van der Waals surface area contributed by atoms with Crippen LogP contribution < -0.4 is 10.1 Å². The van der Waals surface area contributed by atoms with Crippen LogP contribution in [0.1, 0.15) is 5.56 Å². The van der Waals surface area contributed by atoms with Gasteiger partial charge in [-0.1, -0.05) is 6.07 Å². The van der Waals surface area contributed by atoms with E-state index >= 15 is 0 Å². The molecular weight excluding hydrogens is 157 g/mol. The number of benzene rings is 1. The van der Waals surface area contributed by atoms with Crippen LogP contribution >= 0.6 is 0 Å². The van der Waals surface area contributed by atoms with Gasteiger partial charge in [0, 0.05) is 18.2 Å². The lowest BCUT2D eigenvalue weighted by Crippen LogP contribution is -2.06. The Morgan fingerprint density at radius 1 is 1.50 bits per heavy atom. The van der Waals surface area contributed by atoms with Crippen molar-refractivity contribution in [2.24, 2.45) is 0 Å². The highest BCUT2D eigenvalue weighted by Gasteiger charge is 2.02. The Morgan fingerprint density at radius 3 is 2.83 bits per heavy atom. The molecule has 0 bridgehead atoms. The van der Waals surface area contributed by atoms with Gasteiger partial charge in [0.1, 0.15) is 11.6 Å². The number of hydrogen-bond donors (Lipinski definition) is 1. The van der Waals surface area contributed by atoms with Crippen molar-refractivity contribution in [3.63, 3.8) is 0 Å². The minimum Gasteiger partial charge on any atom is -0.496 e. The van der Waals surface area contributed by atoms with E-state index in [1.807, 2.05) is 7.05 Å². The van der Waals surface area contributed by atoms with Gasteiger partial charge in [0.05, 0.1) is 7.11 Å². The largest absolute Gasteiger partial charge is 0.496 e. The van der Waals surface area contributed by atoms with Gasteiger partial charge in [-0.15, -0.1) is 0 Å². The molecule has 1 aromatic carbocycles. The SMILES string of the molecule is CNCc1ccc(F)cc1OC. The highest BCUT2D eigenvalue weighted by atomic mass is 19.1. The number of halogens is 1. The summed E-state index contributed by atoms with van der Waals surface area (Å²) in [5.41, 5.74) is 0.960. The van der Waals surface area contributed by atoms with E-state index in [-0.39, 0.29) is 5.82 Å². The zero-order chi connectivity index (χ0) is 8.97. The predicted octanol–water partition coefficient (Wildman–Crippen LogP) is 1.55. The molecule has 0 heterocycles. The Kier molecular flexibility index (Phi) is 3.05. The van der Waals surface area contributed by atoms with Crippen molar-refractivity contribution in [2.45, 2.75) is 6.54 Å². The van der Waals surface area contributed by atoms with Crippen molar-refractivity contribution in [2.75, 3.05) is 14.2 Å². The Morgan fingerprint density at radius 2 is 2.25 bits per heavy atom. The average Bonchev–Trinajstić information content (AvgIpc) is 2.08. The molecule has 3 heteroatoms. The highest BCUT2D eigenvalue weighted by Crippen LogP contribution is 2.18. The molecule has 0 atom stereocenters. The molecule has 0 spiro atoms. The van der Waals surface area contributed by atoms with Gasteiger partial charge < -0.3 is 10.1 Å². The van der Waals surface area contributed by atoms with E-state index in [1.54, 1.807) is 6.07 Å². The van der Waals surface area contributed by atoms with E-state index in [4.69, 9.17) is 4.74 Å². The fraction of sp³-hybridized carbons (Fsp3) is 0.333. The van der Waals surface area contributed by atoms with E-state index in [0.717, 1.165) is 5.56 Å². The van der Waals surface area contributed by atoms with Crippen LogP contribution in [0.4, 0.5) is 4.39 Å². The van der Waals surface area contributed by atoms with Gasteiger partial charge in [-0.25, -0.2) is 4.39 Å². The summed E-state index contributed by atoms with van der Waals surface area (Å²) in [5.74, 6) is 0.316. The molecule has 66 valence electrons. The lowest BCUT2D eigenvalue weighted by Gasteiger charge is -2.07. The van der Waals surface area contributed by atoms with Crippen molar-refractivity contribution in [3.8, 4) is 5.75 Å². The lowest BCUT2D eigenvalue weighted by molar-refractivity contribution is 0.405. The van der Waals surface area contributed by atoms with Gasteiger partial charge in [0.2, 0.25) is 0 Å². The maximum absolute atomic E-state index is 12.7. The van der Waals surface area contributed by atoms with Gasteiger partial charge in [-0.05, 0) is 13.1 Å². The number of ether oxygens (including phenoxy) is 1. The minimum atomic E-state index is -0.272. The fourth-order valence-corrected chi connectivity index (χ4v) is 1.05. The average molecular weight is 169 g/mol. The van der Waals surface area contributed by atoms with Crippen molar-refractivity contribution >= 4 is 0 Å². The van der Waals surface area contributed by atoms with Crippen LogP contribution in [0.2, 0.25) is 0 Å². The molecule has 0 unspecified atom stereocenters. The van der Waals surface area contributed by atoms with Crippen molar-refractivity contribution in [1.82, 2.24) is 5.32 Å². The normalized spacial score (nSPS) is 9.92. The molecule has 0 aromatic heterocycles. The van der Waals surface area contributed by atoms with E-state index in [0.29, 0.717) is 12.3 Å². The molecule has 1 N–H and O–H groups in total. The Hall–Kier alpha value is -1.09. The second-order valence-corrected chi connectivity index (χ2v) is 2.49. The highest BCUT2D eigenvalue weighted by molar-refractivity contribution is 5.33. The summed E-state index contributed by atoms with van der Waals surface area (Å²) in [6.45, 7) is 0.684. The van der Waals surface area contributed by atoms with Gasteiger partial charge >= 0.3 is 0 Å². The van der Waals surface area contributed by atoms with Crippen molar-refractivity contribution in [1.29, 1.82) is 0 Å². The van der Waals surface area contributed by atoms with Gasteiger partial charge in [0.25, 0.3) is 0 Å². The topological polar surface area (TPSA) is 21.3 Å². The van der Waals surface area contributed by atoms with Crippen LogP contribution in [0.15, 0.2) is 18.2 Å². The number of nitrogens with one attached hydrogen (secondary N) is 1. The second kappa shape index (κ2) is 4.07. The zero-order valence-corrected chi connectivity index (χ0v) is 7.23. The first kappa shape index (κ1) is 9.00. The number of methoxy groups -OCH3 is 1. The molecule has 0 aliphatic carbocycles. The summed E-state index contributed by atoms with van der Waals surface area (Å²) in [4.78, 5) is 0. The maximum Gasteiger partial charge on any atom is 0.126 e. The van der Waals surface area contributed by atoms with Crippen LogP contribution in [0.3, 0.4) is 0 Å². The first-order valence-electron chi connectivity index (χ1n) is 3.75. The summed E-state index contributed by atoms with van der Waals surface area (Å²) in [6.07, 6.45) is 0. The summed E-state index contributed by atoms with van der Waals surface area (Å²) >= 11 is 0. The minimum absolute atomic E-state index is 0.272. The molecule has 0 amide bonds. The summed E-state index contributed by atoms with van der Waals surface area (Å²) in [7, 11) is 3.37.